The first-order valence-electron chi connectivity index (χ1n) is 10.5. The second-order valence-electron chi connectivity index (χ2n) is 7.75. The molecule has 0 radical (unpaired) electrons. The van der Waals surface area contributed by atoms with Gasteiger partial charge in [0.05, 0.1) is 31.6 Å². The van der Waals surface area contributed by atoms with Crippen molar-refractivity contribution in [2.24, 2.45) is 0 Å². The monoisotopic (exact) mass is 465 g/mol. The molecule has 1 aromatic carbocycles. The van der Waals surface area contributed by atoms with Crippen LogP contribution >= 0.6 is 0 Å². The number of methoxy groups -OCH3 is 3. The number of aromatic nitrogens is 4. The smallest absolute Gasteiger partial charge is 0.177 e. The molecule has 34 heavy (non-hydrogen) atoms. The first-order chi connectivity index (χ1) is 16.5. The number of nitrogens with zero attached hydrogens (tertiary/aromatic N) is 5. The van der Waals surface area contributed by atoms with Crippen molar-refractivity contribution < 1.29 is 23.0 Å². The van der Waals surface area contributed by atoms with Crippen molar-refractivity contribution >= 4 is 16.7 Å². The van der Waals surface area contributed by atoms with Crippen LogP contribution in [0.25, 0.3) is 33.5 Å². The molecule has 0 aliphatic carbocycles. The summed E-state index contributed by atoms with van der Waals surface area (Å²) in [6, 6.07) is 6.37. The molecule has 0 spiro atoms. The summed E-state index contributed by atoms with van der Waals surface area (Å²) in [7, 11) is 4.25. The number of hydrogen-bond donors (Lipinski definition) is 0. The molecule has 5 rings (SSSR count). The van der Waals surface area contributed by atoms with E-state index in [9.17, 15) is 0 Å². The molecular weight excluding hydrogens is 444 g/mol. The van der Waals surface area contributed by atoms with E-state index in [1.54, 1.807) is 37.8 Å². The average molecular weight is 465 g/mol. The van der Waals surface area contributed by atoms with Gasteiger partial charge >= 0.3 is 0 Å². The molecule has 0 N–H and O–H groups in total. The van der Waals surface area contributed by atoms with Gasteiger partial charge < -0.3 is 19.1 Å². The van der Waals surface area contributed by atoms with Gasteiger partial charge in [-0.3, -0.25) is 4.98 Å². The Hall–Kier alpha value is -3.92. The molecule has 4 heterocycles. The van der Waals surface area contributed by atoms with Crippen molar-refractivity contribution in [3.63, 3.8) is 0 Å². The van der Waals surface area contributed by atoms with Crippen LogP contribution in [-0.2, 0) is 4.74 Å². The molecule has 1 aliphatic rings. The lowest BCUT2D eigenvalue weighted by Gasteiger charge is -2.39. The Kier molecular flexibility index (Phi) is 5.66. The van der Waals surface area contributed by atoms with Gasteiger partial charge in [0.2, 0.25) is 0 Å². The van der Waals surface area contributed by atoms with Crippen molar-refractivity contribution in [3.05, 3.63) is 54.5 Å². The SMILES string of the molecule is COc1cc(OC)c(F)c(-c2cc3cnc(-c4cccnc4)nc3c(N3CC(OC)C3)n2)c1F. The fourth-order valence-electron chi connectivity index (χ4n) is 3.88. The first kappa shape index (κ1) is 21.9. The van der Waals surface area contributed by atoms with E-state index in [0.29, 0.717) is 35.6 Å². The number of benzene rings is 1. The average Bonchev–Trinajstić information content (AvgIpc) is 2.84. The van der Waals surface area contributed by atoms with Crippen molar-refractivity contribution in [3.8, 4) is 34.1 Å². The third-order valence-electron chi connectivity index (χ3n) is 5.78. The summed E-state index contributed by atoms with van der Waals surface area (Å²) >= 11 is 0. The van der Waals surface area contributed by atoms with Crippen LogP contribution in [0.5, 0.6) is 11.5 Å². The summed E-state index contributed by atoms with van der Waals surface area (Å²) in [4.78, 5) is 19.9. The third-order valence-corrected chi connectivity index (χ3v) is 5.78. The lowest BCUT2D eigenvalue weighted by molar-refractivity contribution is 0.0785. The van der Waals surface area contributed by atoms with E-state index in [1.165, 1.54) is 14.2 Å². The van der Waals surface area contributed by atoms with Crippen LogP contribution in [0, 0.1) is 11.6 Å². The summed E-state index contributed by atoms with van der Waals surface area (Å²) in [5, 5.41) is 0.578. The number of ether oxygens (including phenoxy) is 3. The standard InChI is InChI=1S/C24H21F2N5O3/c1-32-15-11-31(12-15)24-22-14(10-28-23(30-22)13-5-4-6-27-9-13)7-16(29-24)19-20(25)17(33-2)8-18(34-3)21(19)26/h4-10,15H,11-12H2,1-3H3. The Morgan fingerprint density at radius 1 is 0.971 bits per heavy atom. The fraction of sp³-hybridized carbons (Fsp3) is 0.250. The molecule has 0 bridgehead atoms. The van der Waals surface area contributed by atoms with Gasteiger partial charge in [0.15, 0.2) is 34.8 Å². The van der Waals surface area contributed by atoms with Crippen LogP contribution in [0.15, 0.2) is 42.9 Å². The van der Waals surface area contributed by atoms with Gasteiger partial charge in [0, 0.05) is 55.8 Å². The molecule has 3 aromatic heterocycles. The van der Waals surface area contributed by atoms with Gasteiger partial charge in [-0.05, 0) is 18.2 Å². The number of fused-ring (bicyclic) bond motifs is 1. The highest BCUT2D eigenvalue weighted by Gasteiger charge is 2.31. The highest BCUT2D eigenvalue weighted by Crippen LogP contribution is 2.39. The van der Waals surface area contributed by atoms with Crippen molar-refractivity contribution in [2.75, 3.05) is 39.3 Å². The van der Waals surface area contributed by atoms with Crippen LogP contribution in [0.2, 0.25) is 0 Å². The van der Waals surface area contributed by atoms with Gasteiger partial charge in [-0.1, -0.05) is 0 Å². The Bertz CT molecular complexity index is 1340. The maximum atomic E-state index is 15.2. The van der Waals surface area contributed by atoms with Crippen molar-refractivity contribution in [1.29, 1.82) is 0 Å². The van der Waals surface area contributed by atoms with E-state index in [0.717, 1.165) is 11.6 Å². The van der Waals surface area contributed by atoms with Gasteiger partial charge in [-0.2, -0.15) is 0 Å². The quantitative estimate of drug-likeness (QED) is 0.424. The van der Waals surface area contributed by atoms with Crippen LogP contribution in [0.4, 0.5) is 14.6 Å². The second-order valence-corrected chi connectivity index (χ2v) is 7.75. The van der Waals surface area contributed by atoms with E-state index in [4.69, 9.17) is 19.2 Å². The predicted octanol–water partition coefficient (Wildman–Crippen LogP) is 3.88. The lowest BCUT2D eigenvalue weighted by Crippen LogP contribution is -2.52. The van der Waals surface area contributed by atoms with Crippen LogP contribution in [0.1, 0.15) is 0 Å². The molecule has 10 heteroatoms. The Labute approximate surface area is 194 Å². The Morgan fingerprint density at radius 2 is 1.71 bits per heavy atom. The second kappa shape index (κ2) is 8.79. The molecule has 4 aromatic rings. The Morgan fingerprint density at radius 3 is 2.32 bits per heavy atom. The molecule has 8 nitrogen and oxygen atoms in total. The Balaban J connectivity index is 1.73. The zero-order valence-corrected chi connectivity index (χ0v) is 18.7. The van der Waals surface area contributed by atoms with Crippen molar-refractivity contribution in [2.45, 2.75) is 6.10 Å². The van der Waals surface area contributed by atoms with Crippen molar-refractivity contribution in [1.82, 2.24) is 19.9 Å². The highest BCUT2D eigenvalue weighted by molar-refractivity contribution is 5.93. The van der Waals surface area contributed by atoms with E-state index in [2.05, 4.69) is 15.0 Å². The minimum atomic E-state index is -0.870. The molecule has 174 valence electrons. The number of hydrogen-bond acceptors (Lipinski definition) is 8. The summed E-state index contributed by atoms with van der Waals surface area (Å²) in [5.74, 6) is -1.09. The van der Waals surface area contributed by atoms with Gasteiger partial charge in [-0.25, -0.2) is 23.7 Å². The lowest BCUT2D eigenvalue weighted by atomic mass is 10.1. The molecule has 0 unspecified atom stereocenters. The van der Waals surface area contributed by atoms with Gasteiger partial charge in [0.25, 0.3) is 0 Å². The molecule has 0 amide bonds. The number of pyridine rings is 2. The number of anilines is 1. The zero-order chi connectivity index (χ0) is 23.8. The van der Waals surface area contributed by atoms with Gasteiger partial charge in [0.1, 0.15) is 5.52 Å². The molecule has 0 atom stereocenters. The summed E-state index contributed by atoms with van der Waals surface area (Å²) in [6.07, 6.45) is 4.98. The molecule has 1 aliphatic heterocycles. The summed E-state index contributed by atoms with van der Waals surface area (Å²) in [6.45, 7) is 1.14. The van der Waals surface area contributed by atoms with E-state index >= 15 is 8.78 Å². The zero-order valence-electron chi connectivity index (χ0n) is 18.7. The maximum Gasteiger partial charge on any atom is 0.177 e. The number of halogens is 2. The molecule has 1 saturated heterocycles. The largest absolute Gasteiger partial charge is 0.494 e. The van der Waals surface area contributed by atoms with Gasteiger partial charge in [-0.15, -0.1) is 0 Å². The molecule has 1 fully saturated rings. The first-order valence-corrected chi connectivity index (χ1v) is 10.5. The third kappa shape index (κ3) is 3.65. The topological polar surface area (TPSA) is 82.5 Å². The van der Waals surface area contributed by atoms with Crippen LogP contribution < -0.4 is 14.4 Å². The minimum absolute atomic E-state index is 0.0329. The van der Waals surface area contributed by atoms with Crippen LogP contribution in [0.3, 0.4) is 0 Å². The van der Waals surface area contributed by atoms with E-state index in [-0.39, 0.29) is 28.9 Å². The van der Waals surface area contributed by atoms with E-state index < -0.39 is 11.6 Å². The molecular formula is C24H21F2N5O3. The number of rotatable bonds is 6. The minimum Gasteiger partial charge on any atom is -0.494 e. The highest BCUT2D eigenvalue weighted by atomic mass is 19.1. The normalized spacial score (nSPS) is 13.7. The van der Waals surface area contributed by atoms with Crippen LogP contribution in [-0.4, -0.2) is 60.5 Å². The molecule has 0 saturated carbocycles. The fourth-order valence-corrected chi connectivity index (χ4v) is 3.88. The summed E-state index contributed by atoms with van der Waals surface area (Å²) in [5.41, 5.74) is 1.03. The van der Waals surface area contributed by atoms with E-state index in [1.807, 2.05) is 11.0 Å². The maximum absolute atomic E-state index is 15.2. The summed E-state index contributed by atoms with van der Waals surface area (Å²) < 4.78 is 46.0. The predicted molar refractivity (Wildman–Crippen MR) is 122 cm³/mol.